The van der Waals surface area contributed by atoms with Gasteiger partial charge in [0.05, 0.1) is 45.3 Å². The number of aromatic carboxylic acids is 2. The van der Waals surface area contributed by atoms with Crippen molar-refractivity contribution in [3.05, 3.63) is 117 Å². The quantitative estimate of drug-likeness (QED) is 0.0597. The van der Waals surface area contributed by atoms with Crippen molar-refractivity contribution < 1.29 is 30.0 Å². The van der Waals surface area contributed by atoms with Crippen LogP contribution in [0, 0.1) is 0 Å². The molecule has 56 heavy (non-hydrogen) atoms. The molecule has 8 bridgehead atoms. The van der Waals surface area contributed by atoms with Crippen LogP contribution in [0.15, 0.2) is 60.7 Å². The van der Waals surface area contributed by atoms with E-state index in [9.17, 15) is 30.0 Å². The number of unbranched alkanes of at least 4 members (excludes halogenated alkanes) is 6. The summed E-state index contributed by atoms with van der Waals surface area (Å²) in [6.45, 7) is 4.36. The van der Waals surface area contributed by atoms with E-state index >= 15 is 0 Å². The third-order valence-electron chi connectivity index (χ3n) is 10.8. The number of aryl methyl sites for hydroxylation is 1. The molecule has 2 aromatic heterocycles. The van der Waals surface area contributed by atoms with Crippen molar-refractivity contribution in [3.63, 3.8) is 0 Å². The number of carbonyl (C=O) groups is 2. The highest BCUT2D eigenvalue weighted by atomic mass is 16.4. The van der Waals surface area contributed by atoms with E-state index in [2.05, 4.69) is 29.9 Å². The van der Waals surface area contributed by atoms with E-state index in [0.717, 1.165) is 102 Å². The van der Waals surface area contributed by atoms with Gasteiger partial charge in [0.15, 0.2) is 0 Å². The van der Waals surface area contributed by atoms with Gasteiger partial charge in [-0.25, -0.2) is 19.6 Å². The number of H-pyrrole nitrogens is 2. The second-order valence-electron chi connectivity index (χ2n) is 14.7. The van der Waals surface area contributed by atoms with Crippen molar-refractivity contribution in [2.75, 3.05) is 0 Å². The molecule has 0 amide bonds. The number of carboxylic acids is 2. The van der Waals surface area contributed by atoms with E-state index < -0.39 is 24.1 Å². The second kappa shape index (κ2) is 16.9. The fraction of sp³-hybridized carbons (Fsp3) is 0.304. The summed E-state index contributed by atoms with van der Waals surface area (Å²) >= 11 is 0. The highest BCUT2D eigenvalue weighted by molar-refractivity contribution is 5.95. The minimum absolute atomic E-state index is 0.112. The first kappa shape index (κ1) is 38.4. The number of aliphatic hydroxyl groups is 2. The van der Waals surface area contributed by atoms with Crippen LogP contribution >= 0.6 is 0 Å². The van der Waals surface area contributed by atoms with Gasteiger partial charge >= 0.3 is 11.9 Å². The number of hydrogen-bond acceptors (Lipinski definition) is 6. The molecule has 3 aliphatic heterocycles. The van der Waals surface area contributed by atoms with Gasteiger partial charge in [0.25, 0.3) is 0 Å². The summed E-state index contributed by atoms with van der Waals surface area (Å²) in [7, 11) is 0. The smallest absolute Gasteiger partial charge is 0.335 e. The first-order valence-electron chi connectivity index (χ1n) is 19.7. The summed E-state index contributed by atoms with van der Waals surface area (Å²) in [6, 6.07) is 17.2. The van der Waals surface area contributed by atoms with E-state index in [1.54, 1.807) is 36.4 Å². The molecule has 0 saturated heterocycles. The summed E-state index contributed by atoms with van der Waals surface area (Å²) in [4.78, 5) is 41.1. The Morgan fingerprint density at radius 2 is 1.00 bits per heavy atom. The lowest BCUT2D eigenvalue weighted by Gasteiger charge is -2.14. The highest BCUT2D eigenvalue weighted by Crippen LogP contribution is 2.42. The van der Waals surface area contributed by atoms with Crippen LogP contribution < -0.4 is 0 Å². The average molecular weight is 753 g/mol. The van der Waals surface area contributed by atoms with Crippen molar-refractivity contribution in [2.24, 2.45) is 0 Å². The Labute approximate surface area is 326 Å². The molecule has 6 N–H and O–H groups in total. The molecule has 0 fully saturated rings. The number of fused-ring (bicyclic) bond motifs is 8. The van der Waals surface area contributed by atoms with Crippen LogP contribution in [0.3, 0.4) is 0 Å². The number of nitrogens with zero attached hydrogens (tertiary/aromatic N) is 2. The predicted octanol–water partition coefficient (Wildman–Crippen LogP) is 10.1. The molecule has 10 nitrogen and oxygen atoms in total. The third-order valence-corrected chi connectivity index (χ3v) is 10.8. The normalized spacial score (nSPS) is 15.3. The van der Waals surface area contributed by atoms with Crippen molar-refractivity contribution in [1.29, 1.82) is 0 Å². The van der Waals surface area contributed by atoms with E-state index in [4.69, 9.17) is 9.97 Å². The number of hydrogen-bond donors (Lipinski definition) is 6. The summed E-state index contributed by atoms with van der Waals surface area (Å²) in [6.07, 6.45) is 15.0. The van der Waals surface area contributed by atoms with Gasteiger partial charge in [-0.05, 0) is 103 Å². The van der Waals surface area contributed by atoms with Gasteiger partial charge in [-0.2, -0.15) is 0 Å². The van der Waals surface area contributed by atoms with Crippen molar-refractivity contribution in [3.8, 4) is 22.3 Å². The number of aliphatic hydroxyl groups excluding tert-OH is 2. The SMILES string of the molecule is CCCCCCc1c2nc(c(CCCCCC)c3ccc([nH]3)c(-c3ccc(C(=O)O)cc3)c3nc(c(-c4ccc(C(=O)O)cc4)c4[nH]c1C(O)C4O)C=C3)C=C2. The lowest BCUT2D eigenvalue weighted by Crippen LogP contribution is -2.07. The third kappa shape index (κ3) is 7.80. The summed E-state index contributed by atoms with van der Waals surface area (Å²) in [5.74, 6) is -2.08. The van der Waals surface area contributed by atoms with Crippen LogP contribution in [0.25, 0.3) is 57.6 Å². The van der Waals surface area contributed by atoms with Crippen molar-refractivity contribution in [2.45, 2.75) is 90.3 Å². The molecule has 3 aliphatic rings. The fourth-order valence-corrected chi connectivity index (χ4v) is 7.83. The van der Waals surface area contributed by atoms with Gasteiger partial charge in [-0.3, -0.25) is 0 Å². The van der Waals surface area contributed by atoms with Crippen LogP contribution in [0.5, 0.6) is 0 Å². The maximum absolute atomic E-state index is 11.9. The summed E-state index contributed by atoms with van der Waals surface area (Å²) in [5.41, 5.74) is 10.0. The van der Waals surface area contributed by atoms with Gasteiger partial charge < -0.3 is 30.4 Å². The molecule has 0 radical (unpaired) electrons. The zero-order valence-corrected chi connectivity index (χ0v) is 31.8. The molecule has 288 valence electrons. The monoisotopic (exact) mass is 752 g/mol. The highest BCUT2D eigenvalue weighted by Gasteiger charge is 2.34. The van der Waals surface area contributed by atoms with Crippen LogP contribution in [-0.2, 0) is 12.8 Å². The topological polar surface area (TPSA) is 172 Å². The maximum Gasteiger partial charge on any atom is 0.335 e. The second-order valence-corrected chi connectivity index (χ2v) is 14.7. The molecular formula is C46H48N4O6. The first-order chi connectivity index (χ1) is 27.2. The number of aromatic nitrogens is 4. The Morgan fingerprint density at radius 3 is 1.57 bits per heavy atom. The molecule has 7 rings (SSSR count). The van der Waals surface area contributed by atoms with Crippen LogP contribution in [0.2, 0.25) is 0 Å². The zero-order valence-electron chi connectivity index (χ0n) is 31.8. The average Bonchev–Trinajstić information content (AvgIpc) is 4.03. The van der Waals surface area contributed by atoms with E-state index in [-0.39, 0.29) is 11.1 Å². The predicted molar refractivity (Wildman–Crippen MR) is 221 cm³/mol. The van der Waals surface area contributed by atoms with E-state index in [0.29, 0.717) is 40.3 Å². The van der Waals surface area contributed by atoms with Crippen LogP contribution in [-0.4, -0.2) is 52.3 Å². The fourth-order valence-electron chi connectivity index (χ4n) is 7.83. The molecule has 10 heteroatoms. The molecule has 0 aliphatic carbocycles. The Bertz CT molecular complexity index is 2390. The lowest BCUT2D eigenvalue weighted by molar-refractivity contribution is 0.0251. The number of carboxylic acid groups (broad SMARTS) is 2. The Kier molecular flexibility index (Phi) is 11.6. The van der Waals surface area contributed by atoms with Crippen LogP contribution in [0.4, 0.5) is 0 Å². The number of benzene rings is 2. The standard InChI is InChI=1S/C46H48N4O6/c1-3-5-7-9-11-31-33-21-22-35(47-33)32(12-10-8-6-4-2)41-43(51)44(52)42(50-41)40(28-15-19-30(20-16-28)46(55)56)38-26-25-37(49-38)39(36-24-23-34(31)48-36)27-13-17-29(18-14-27)45(53)54/h13-26,43-44,48,50-52H,3-12H2,1-2H3,(H,53,54)(H,55,56). The molecular weight excluding hydrogens is 705 g/mol. The molecule has 0 spiro atoms. The van der Waals surface area contributed by atoms with E-state index in [1.807, 2.05) is 30.4 Å². The Balaban J connectivity index is 1.59. The number of aromatic amines is 2. The van der Waals surface area contributed by atoms with Crippen molar-refractivity contribution >= 4 is 47.3 Å². The molecule has 5 heterocycles. The zero-order chi connectivity index (χ0) is 39.3. The largest absolute Gasteiger partial charge is 0.478 e. The molecule has 4 aromatic rings. The Morgan fingerprint density at radius 1 is 0.536 bits per heavy atom. The minimum atomic E-state index is -1.34. The molecule has 0 saturated carbocycles. The maximum atomic E-state index is 11.9. The van der Waals surface area contributed by atoms with Crippen molar-refractivity contribution in [1.82, 2.24) is 19.9 Å². The number of rotatable bonds is 14. The van der Waals surface area contributed by atoms with Gasteiger partial charge in [-0.15, -0.1) is 0 Å². The van der Waals surface area contributed by atoms with Crippen LogP contribution in [0.1, 0.15) is 143 Å². The summed E-state index contributed by atoms with van der Waals surface area (Å²) < 4.78 is 0. The molecule has 2 aromatic carbocycles. The Hall–Kier alpha value is -5.84. The van der Waals surface area contributed by atoms with E-state index in [1.165, 1.54) is 12.1 Å². The van der Waals surface area contributed by atoms with Gasteiger partial charge in [0, 0.05) is 27.7 Å². The van der Waals surface area contributed by atoms with Gasteiger partial charge in [0.2, 0.25) is 0 Å². The minimum Gasteiger partial charge on any atom is -0.478 e. The number of nitrogens with one attached hydrogen (secondary N) is 2. The first-order valence-corrected chi connectivity index (χ1v) is 19.7. The summed E-state index contributed by atoms with van der Waals surface area (Å²) in [5, 5.41) is 43.0. The van der Waals surface area contributed by atoms with Gasteiger partial charge in [-0.1, -0.05) is 76.6 Å². The van der Waals surface area contributed by atoms with Gasteiger partial charge in [0.1, 0.15) is 12.2 Å². The molecule has 2 unspecified atom stereocenters. The lowest BCUT2D eigenvalue weighted by atomic mass is 9.96. The molecule has 2 atom stereocenters.